The first-order valence-electron chi connectivity index (χ1n) is 12.3. The molecule has 3 aliphatic rings. The van der Waals surface area contributed by atoms with Crippen LogP contribution < -0.4 is 0 Å². The predicted molar refractivity (Wildman–Crippen MR) is 124 cm³/mol. The van der Waals surface area contributed by atoms with Gasteiger partial charge in [-0.25, -0.2) is 0 Å². The zero-order valence-corrected chi connectivity index (χ0v) is 19.7. The molecule has 30 heavy (non-hydrogen) atoms. The first-order valence-corrected chi connectivity index (χ1v) is 12.3. The average Bonchev–Trinajstić information content (AvgIpc) is 3.00. The van der Waals surface area contributed by atoms with Crippen molar-refractivity contribution in [3.8, 4) is 0 Å². The third kappa shape index (κ3) is 4.95. The van der Waals surface area contributed by atoms with Crippen molar-refractivity contribution in [1.82, 2.24) is 0 Å². The van der Waals surface area contributed by atoms with Crippen LogP contribution in [0.1, 0.15) is 91.9 Å². The standard InChI is InChI=1S/C27H44O3/c1-18(2)7-6-8-20(4)23-13-14-24-25(27(29,30)16-15-26(23,24)5)12-10-21-17-22(28)11-9-19(21)3/h10,12,18,20,22-24,28-30H,3,6-9,11,13-17H2,1-2,4-5H3/b21-10+,25-12+/t20-,22+,23-,24-,26-/m1/s1. The molecular formula is C27H44O3. The lowest BCUT2D eigenvalue weighted by atomic mass is 9.59. The lowest BCUT2D eigenvalue weighted by molar-refractivity contribution is -0.167. The third-order valence-electron chi connectivity index (χ3n) is 8.54. The average molecular weight is 417 g/mol. The van der Waals surface area contributed by atoms with E-state index in [0.29, 0.717) is 24.7 Å². The van der Waals surface area contributed by atoms with E-state index in [1.807, 2.05) is 12.2 Å². The molecule has 3 aliphatic carbocycles. The smallest absolute Gasteiger partial charge is 0.186 e. The van der Waals surface area contributed by atoms with Crippen LogP contribution >= 0.6 is 0 Å². The Labute approximate surface area is 184 Å². The molecule has 3 saturated carbocycles. The second kappa shape index (κ2) is 9.30. The highest BCUT2D eigenvalue weighted by atomic mass is 16.5. The Kier molecular flexibility index (Phi) is 7.37. The van der Waals surface area contributed by atoms with Gasteiger partial charge in [-0.1, -0.05) is 71.3 Å². The highest BCUT2D eigenvalue weighted by Crippen LogP contribution is 2.61. The molecule has 0 aliphatic heterocycles. The van der Waals surface area contributed by atoms with Gasteiger partial charge in [0.25, 0.3) is 0 Å². The topological polar surface area (TPSA) is 60.7 Å². The molecule has 3 N–H and O–H groups in total. The van der Waals surface area contributed by atoms with Gasteiger partial charge in [0.05, 0.1) is 6.10 Å². The van der Waals surface area contributed by atoms with Gasteiger partial charge in [-0.15, -0.1) is 0 Å². The molecule has 3 heteroatoms. The molecule has 0 aromatic rings. The van der Waals surface area contributed by atoms with Crippen LogP contribution in [0.4, 0.5) is 0 Å². The van der Waals surface area contributed by atoms with Crippen molar-refractivity contribution in [2.24, 2.45) is 29.1 Å². The van der Waals surface area contributed by atoms with Gasteiger partial charge in [0.1, 0.15) is 0 Å². The molecule has 3 fully saturated rings. The molecule has 0 unspecified atom stereocenters. The van der Waals surface area contributed by atoms with Gasteiger partial charge in [-0.3, -0.25) is 0 Å². The van der Waals surface area contributed by atoms with Crippen LogP contribution in [0, 0.1) is 29.1 Å². The molecule has 5 atom stereocenters. The maximum Gasteiger partial charge on any atom is 0.186 e. The minimum Gasteiger partial charge on any atom is -0.393 e. The van der Waals surface area contributed by atoms with E-state index in [-0.39, 0.29) is 17.4 Å². The molecule has 0 bridgehead atoms. The van der Waals surface area contributed by atoms with Crippen LogP contribution in [0.15, 0.2) is 35.5 Å². The summed E-state index contributed by atoms with van der Waals surface area (Å²) in [5, 5.41) is 31.7. The number of allylic oxidation sites excluding steroid dienone is 3. The van der Waals surface area contributed by atoms with Gasteiger partial charge >= 0.3 is 0 Å². The molecule has 3 nitrogen and oxygen atoms in total. The molecule has 0 saturated heterocycles. The third-order valence-corrected chi connectivity index (χ3v) is 8.54. The van der Waals surface area contributed by atoms with Crippen molar-refractivity contribution < 1.29 is 15.3 Å². The van der Waals surface area contributed by atoms with E-state index in [2.05, 4.69) is 34.3 Å². The molecular weight excluding hydrogens is 372 g/mol. The number of hydrogen-bond acceptors (Lipinski definition) is 3. The van der Waals surface area contributed by atoms with Gasteiger partial charge in [0, 0.05) is 6.42 Å². The quantitative estimate of drug-likeness (QED) is 0.472. The first kappa shape index (κ1) is 23.8. The number of aliphatic hydroxyl groups excluding tert-OH is 1. The summed E-state index contributed by atoms with van der Waals surface area (Å²) in [6, 6.07) is 0. The van der Waals surface area contributed by atoms with E-state index in [1.54, 1.807) is 0 Å². The molecule has 0 spiro atoms. The summed E-state index contributed by atoms with van der Waals surface area (Å²) in [5.41, 5.74) is 3.05. The van der Waals surface area contributed by atoms with Crippen LogP contribution in [-0.2, 0) is 0 Å². The summed E-state index contributed by atoms with van der Waals surface area (Å²) in [5.74, 6) is 0.590. The minimum atomic E-state index is -1.72. The van der Waals surface area contributed by atoms with Gasteiger partial charge in [-0.05, 0) is 78.8 Å². The van der Waals surface area contributed by atoms with Crippen molar-refractivity contribution in [3.63, 3.8) is 0 Å². The summed E-state index contributed by atoms with van der Waals surface area (Å²) < 4.78 is 0. The Balaban J connectivity index is 1.80. The van der Waals surface area contributed by atoms with Crippen LogP contribution in [0.25, 0.3) is 0 Å². The molecule has 170 valence electrons. The van der Waals surface area contributed by atoms with Crippen LogP contribution in [0.3, 0.4) is 0 Å². The maximum atomic E-state index is 10.9. The first-order chi connectivity index (χ1) is 14.0. The highest BCUT2D eigenvalue weighted by Gasteiger charge is 2.56. The molecule has 0 aromatic heterocycles. The summed E-state index contributed by atoms with van der Waals surface area (Å²) in [6.07, 6.45) is 13.2. The van der Waals surface area contributed by atoms with Crippen LogP contribution in [-0.4, -0.2) is 27.2 Å². The Bertz CT molecular complexity index is 686. The monoisotopic (exact) mass is 416 g/mol. The van der Waals surface area contributed by atoms with Gasteiger partial charge < -0.3 is 15.3 Å². The van der Waals surface area contributed by atoms with Crippen molar-refractivity contribution in [2.75, 3.05) is 0 Å². The highest BCUT2D eigenvalue weighted by molar-refractivity contribution is 5.37. The Morgan fingerprint density at radius 1 is 1.07 bits per heavy atom. The van der Waals surface area contributed by atoms with Crippen molar-refractivity contribution in [2.45, 2.75) is 104 Å². The zero-order valence-electron chi connectivity index (χ0n) is 19.7. The van der Waals surface area contributed by atoms with E-state index in [4.69, 9.17) is 0 Å². The fraction of sp³-hybridized carbons (Fsp3) is 0.778. The van der Waals surface area contributed by atoms with E-state index in [0.717, 1.165) is 48.3 Å². The molecule has 0 aromatic carbocycles. The number of rotatable bonds is 6. The van der Waals surface area contributed by atoms with Crippen LogP contribution in [0.5, 0.6) is 0 Å². The van der Waals surface area contributed by atoms with Crippen molar-refractivity contribution in [1.29, 1.82) is 0 Å². The molecule has 0 amide bonds. The number of aliphatic hydroxyl groups is 3. The minimum absolute atomic E-state index is 0.139. The summed E-state index contributed by atoms with van der Waals surface area (Å²) in [6.45, 7) is 13.6. The Morgan fingerprint density at radius 2 is 1.80 bits per heavy atom. The van der Waals surface area contributed by atoms with E-state index in [1.165, 1.54) is 25.7 Å². The van der Waals surface area contributed by atoms with Gasteiger partial charge in [-0.2, -0.15) is 0 Å². The summed E-state index contributed by atoms with van der Waals surface area (Å²) in [7, 11) is 0. The predicted octanol–water partition coefficient (Wildman–Crippen LogP) is 5.91. The maximum absolute atomic E-state index is 10.9. The molecule has 3 rings (SSSR count). The van der Waals surface area contributed by atoms with Gasteiger partial charge in [0.15, 0.2) is 5.79 Å². The normalized spacial score (nSPS) is 37.7. The lowest BCUT2D eigenvalue weighted by Crippen LogP contribution is -2.47. The largest absolute Gasteiger partial charge is 0.393 e. The second-order valence-corrected chi connectivity index (χ2v) is 11.2. The summed E-state index contributed by atoms with van der Waals surface area (Å²) >= 11 is 0. The molecule has 0 heterocycles. The molecule has 0 radical (unpaired) electrons. The Hall–Kier alpha value is -0.900. The van der Waals surface area contributed by atoms with Crippen LogP contribution in [0.2, 0.25) is 0 Å². The van der Waals surface area contributed by atoms with Gasteiger partial charge in [0.2, 0.25) is 0 Å². The van der Waals surface area contributed by atoms with E-state index >= 15 is 0 Å². The lowest BCUT2D eigenvalue weighted by Gasteiger charge is -2.48. The zero-order chi connectivity index (χ0) is 22.1. The SMILES string of the molecule is C=C1CC[C@H](O)C/C1=C\C=C1/[C@H]2CC[C@H]([C@H](C)CCCC(C)C)[C@@]2(C)CCC1(O)O. The van der Waals surface area contributed by atoms with E-state index in [9.17, 15) is 15.3 Å². The second-order valence-electron chi connectivity index (χ2n) is 11.2. The number of hydrogen-bond donors (Lipinski definition) is 3. The summed E-state index contributed by atoms with van der Waals surface area (Å²) in [4.78, 5) is 0. The Morgan fingerprint density at radius 3 is 2.50 bits per heavy atom. The van der Waals surface area contributed by atoms with Crippen molar-refractivity contribution in [3.05, 3.63) is 35.5 Å². The fourth-order valence-electron chi connectivity index (χ4n) is 6.61. The van der Waals surface area contributed by atoms with E-state index < -0.39 is 5.79 Å². The number of fused-ring (bicyclic) bond motifs is 1. The fourth-order valence-corrected chi connectivity index (χ4v) is 6.61. The van der Waals surface area contributed by atoms with Crippen molar-refractivity contribution >= 4 is 0 Å².